The lowest BCUT2D eigenvalue weighted by molar-refractivity contribution is 0.352. The number of nitrogens with one attached hydrogen (secondary N) is 1. The number of anilines is 1. The van der Waals surface area contributed by atoms with Gasteiger partial charge in [-0.15, -0.1) is 0 Å². The van der Waals surface area contributed by atoms with Gasteiger partial charge in [0, 0.05) is 25.6 Å². The molecule has 17 heavy (non-hydrogen) atoms. The first-order valence-corrected chi connectivity index (χ1v) is 7.07. The molecule has 1 aromatic rings. The van der Waals surface area contributed by atoms with E-state index in [0.29, 0.717) is 0 Å². The van der Waals surface area contributed by atoms with Crippen LogP contribution in [0, 0.1) is 0 Å². The average molecular weight is 299 g/mol. The summed E-state index contributed by atoms with van der Waals surface area (Å²) in [4.78, 5) is 11.2. The molecule has 1 saturated heterocycles. The van der Waals surface area contributed by atoms with Gasteiger partial charge in [0.2, 0.25) is 0 Å². The standard InChI is InChI=1S/C12H19BrN4/c1-2-11-15-10(13)9-12(16-11)14-5-8-17-6-3-4-7-17/h9H,2-8H2,1H3,(H,14,15,16). The smallest absolute Gasteiger partial charge is 0.131 e. The largest absolute Gasteiger partial charge is 0.369 e. The van der Waals surface area contributed by atoms with Gasteiger partial charge < -0.3 is 10.2 Å². The summed E-state index contributed by atoms with van der Waals surface area (Å²) in [6.07, 6.45) is 3.55. The second-order valence-corrected chi connectivity index (χ2v) is 5.13. The van der Waals surface area contributed by atoms with Crippen molar-refractivity contribution in [1.82, 2.24) is 14.9 Å². The van der Waals surface area contributed by atoms with Gasteiger partial charge in [0.1, 0.15) is 16.2 Å². The number of aryl methyl sites for hydroxylation is 1. The summed E-state index contributed by atoms with van der Waals surface area (Å²) in [5.74, 6) is 1.80. The van der Waals surface area contributed by atoms with Crippen molar-refractivity contribution in [2.45, 2.75) is 26.2 Å². The summed E-state index contributed by atoms with van der Waals surface area (Å²) in [6, 6.07) is 1.93. The highest BCUT2D eigenvalue weighted by molar-refractivity contribution is 9.10. The SMILES string of the molecule is CCc1nc(Br)cc(NCCN2CCCC2)n1. The number of hydrogen-bond donors (Lipinski definition) is 1. The molecule has 2 heterocycles. The Balaban J connectivity index is 1.83. The Labute approximate surface area is 111 Å². The number of hydrogen-bond acceptors (Lipinski definition) is 4. The molecule has 0 aromatic carbocycles. The third-order valence-electron chi connectivity index (χ3n) is 2.99. The van der Waals surface area contributed by atoms with E-state index in [1.807, 2.05) is 6.07 Å². The summed E-state index contributed by atoms with van der Waals surface area (Å²) >= 11 is 3.41. The Morgan fingerprint density at radius 2 is 2.12 bits per heavy atom. The fourth-order valence-corrected chi connectivity index (χ4v) is 2.48. The molecule has 0 amide bonds. The first-order valence-electron chi connectivity index (χ1n) is 6.27. The minimum absolute atomic E-state index is 0.855. The van der Waals surface area contributed by atoms with Gasteiger partial charge in [0.25, 0.3) is 0 Å². The van der Waals surface area contributed by atoms with Crippen molar-refractivity contribution in [1.29, 1.82) is 0 Å². The second-order valence-electron chi connectivity index (χ2n) is 4.32. The van der Waals surface area contributed by atoms with Crippen LogP contribution in [0.15, 0.2) is 10.7 Å². The van der Waals surface area contributed by atoms with Gasteiger partial charge in [-0.05, 0) is 41.9 Å². The van der Waals surface area contributed by atoms with Crippen LogP contribution in [0.25, 0.3) is 0 Å². The maximum absolute atomic E-state index is 4.45. The van der Waals surface area contributed by atoms with Crippen molar-refractivity contribution >= 4 is 21.7 Å². The van der Waals surface area contributed by atoms with Crippen molar-refractivity contribution < 1.29 is 0 Å². The van der Waals surface area contributed by atoms with Crippen molar-refractivity contribution in [2.24, 2.45) is 0 Å². The molecular formula is C12H19BrN4. The van der Waals surface area contributed by atoms with Crippen LogP contribution in [0.1, 0.15) is 25.6 Å². The van der Waals surface area contributed by atoms with E-state index >= 15 is 0 Å². The Hall–Kier alpha value is -0.680. The summed E-state index contributed by atoms with van der Waals surface area (Å²) < 4.78 is 0.855. The highest BCUT2D eigenvalue weighted by Crippen LogP contribution is 2.13. The van der Waals surface area contributed by atoms with E-state index < -0.39 is 0 Å². The maximum Gasteiger partial charge on any atom is 0.131 e. The van der Waals surface area contributed by atoms with E-state index in [9.17, 15) is 0 Å². The molecule has 4 nitrogen and oxygen atoms in total. The number of rotatable bonds is 5. The summed E-state index contributed by atoms with van der Waals surface area (Å²) in [6.45, 7) is 6.61. The van der Waals surface area contributed by atoms with E-state index in [0.717, 1.165) is 35.8 Å². The Bertz CT molecular complexity index is 364. The molecular weight excluding hydrogens is 280 g/mol. The number of halogens is 1. The van der Waals surface area contributed by atoms with Crippen molar-refractivity contribution in [3.8, 4) is 0 Å². The fraction of sp³-hybridized carbons (Fsp3) is 0.667. The van der Waals surface area contributed by atoms with Gasteiger partial charge in [0.15, 0.2) is 0 Å². The van der Waals surface area contributed by atoms with Crippen LogP contribution in [0.4, 0.5) is 5.82 Å². The van der Waals surface area contributed by atoms with Crippen LogP contribution in [-0.2, 0) is 6.42 Å². The van der Waals surface area contributed by atoms with Crippen LogP contribution in [0.2, 0.25) is 0 Å². The lowest BCUT2D eigenvalue weighted by atomic mass is 10.4. The molecule has 2 rings (SSSR count). The molecule has 0 aliphatic carbocycles. The van der Waals surface area contributed by atoms with Crippen LogP contribution in [0.5, 0.6) is 0 Å². The first-order chi connectivity index (χ1) is 8.28. The monoisotopic (exact) mass is 298 g/mol. The lowest BCUT2D eigenvalue weighted by Crippen LogP contribution is -2.26. The zero-order valence-electron chi connectivity index (χ0n) is 10.2. The topological polar surface area (TPSA) is 41.1 Å². The van der Waals surface area contributed by atoms with E-state index in [2.05, 4.69) is 43.0 Å². The lowest BCUT2D eigenvalue weighted by Gasteiger charge is -2.15. The number of aromatic nitrogens is 2. The van der Waals surface area contributed by atoms with Gasteiger partial charge in [-0.3, -0.25) is 0 Å². The maximum atomic E-state index is 4.45. The molecule has 0 saturated carbocycles. The van der Waals surface area contributed by atoms with Crippen LogP contribution in [0.3, 0.4) is 0 Å². The Morgan fingerprint density at radius 3 is 2.82 bits per heavy atom. The molecule has 1 aliphatic heterocycles. The zero-order chi connectivity index (χ0) is 12.1. The first kappa shape index (κ1) is 12.8. The molecule has 5 heteroatoms. The van der Waals surface area contributed by atoms with E-state index in [-0.39, 0.29) is 0 Å². The second kappa shape index (κ2) is 6.31. The molecule has 0 bridgehead atoms. The van der Waals surface area contributed by atoms with E-state index in [1.165, 1.54) is 25.9 Å². The minimum atomic E-state index is 0.855. The molecule has 94 valence electrons. The molecule has 0 unspecified atom stereocenters. The highest BCUT2D eigenvalue weighted by Gasteiger charge is 2.10. The summed E-state index contributed by atoms with van der Waals surface area (Å²) in [5, 5.41) is 3.36. The van der Waals surface area contributed by atoms with Crippen LogP contribution in [-0.4, -0.2) is 41.0 Å². The predicted octanol–water partition coefficient (Wildman–Crippen LogP) is 2.31. The van der Waals surface area contributed by atoms with Gasteiger partial charge in [0.05, 0.1) is 0 Å². The van der Waals surface area contributed by atoms with Gasteiger partial charge in [-0.1, -0.05) is 6.92 Å². The van der Waals surface area contributed by atoms with E-state index in [4.69, 9.17) is 0 Å². The van der Waals surface area contributed by atoms with Gasteiger partial charge in [-0.2, -0.15) is 0 Å². The molecule has 1 aromatic heterocycles. The van der Waals surface area contributed by atoms with Crippen molar-refractivity contribution in [3.63, 3.8) is 0 Å². The van der Waals surface area contributed by atoms with Gasteiger partial charge >= 0.3 is 0 Å². The third-order valence-corrected chi connectivity index (χ3v) is 3.40. The van der Waals surface area contributed by atoms with Crippen LogP contribution >= 0.6 is 15.9 Å². The molecule has 1 aliphatic rings. The normalized spacial score (nSPS) is 16.4. The Kier molecular flexibility index (Phi) is 4.74. The van der Waals surface area contributed by atoms with Crippen molar-refractivity contribution in [3.05, 3.63) is 16.5 Å². The quantitative estimate of drug-likeness (QED) is 0.847. The molecule has 0 spiro atoms. The molecule has 1 fully saturated rings. The highest BCUT2D eigenvalue weighted by atomic mass is 79.9. The van der Waals surface area contributed by atoms with Crippen LogP contribution < -0.4 is 5.32 Å². The summed E-state index contributed by atoms with van der Waals surface area (Å²) in [7, 11) is 0. The fourth-order valence-electron chi connectivity index (χ4n) is 2.06. The predicted molar refractivity (Wildman–Crippen MR) is 73.3 cm³/mol. The minimum Gasteiger partial charge on any atom is -0.369 e. The third kappa shape index (κ3) is 3.92. The zero-order valence-corrected chi connectivity index (χ0v) is 11.8. The summed E-state index contributed by atoms with van der Waals surface area (Å²) in [5.41, 5.74) is 0. The van der Waals surface area contributed by atoms with E-state index in [1.54, 1.807) is 0 Å². The molecule has 1 N–H and O–H groups in total. The average Bonchev–Trinajstić information content (AvgIpc) is 2.81. The Morgan fingerprint density at radius 1 is 1.35 bits per heavy atom. The number of likely N-dealkylation sites (tertiary alicyclic amines) is 1. The molecule has 0 atom stereocenters. The van der Waals surface area contributed by atoms with Gasteiger partial charge in [-0.25, -0.2) is 9.97 Å². The van der Waals surface area contributed by atoms with Crippen molar-refractivity contribution in [2.75, 3.05) is 31.5 Å². The molecule has 0 radical (unpaired) electrons. The number of nitrogens with zero attached hydrogens (tertiary/aromatic N) is 3.